The quantitative estimate of drug-likeness (QED) is 0.765. The van der Waals surface area contributed by atoms with Gasteiger partial charge in [0.25, 0.3) is 0 Å². The molecule has 6 heteroatoms. The Hall–Kier alpha value is -2.21. The maximum absolute atomic E-state index is 13.3. The number of nitrogens with zero attached hydrogens (tertiary/aromatic N) is 3. The van der Waals surface area contributed by atoms with E-state index in [2.05, 4.69) is 15.0 Å². The Morgan fingerprint density at radius 1 is 1.45 bits per heavy atom. The Kier molecular flexibility index (Phi) is 3.23. The minimum atomic E-state index is -0.285. The molecule has 104 valence electrons. The largest absolute Gasteiger partial charge is 0.348 e. The number of aromatic nitrogens is 4. The molecule has 0 fully saturated rings. The fraction of sp³-hybridized carbons (Fsp3) is 0.286. The Morgan fingerprint density at radius 3 is 3.00 bits per heavy atom. The number of rotatable bonds is 4. The number of halogens is 1. The molecular formula is C14H16FN5. The van der Waals surface area contributed by atoms with Gasteiger partial charge in [-0.3, -0.25) is 0 Å². The van der Waals surface area contributed by atoms with Gasteiger partial charge < -0.3 is 15.3 Å². The summed E-state index contributed by atoms with van der Waals surface area (Å²) in [4.78, 5) is 11.5. The third kappa shape index (κ3) is 2.18. The molecule has 3 aromatic rings. The minimum absolute atomic E-state index is 0.258. The van der Waals surface area contributed by atoms with Crippen LogP contribution >= 0.6 is 0 Å². The van der Waals surface area contributed by atoms with Gasteiger partial charge in [-0.05, 0) is 19.1 Å². The van der Waals surface area contributed by atoms with Crippen LogP contribution in [0.4, 0.5) is 4.39 Å². The molecule has 0 amide bonds. The maximum Gasteiger partial charge on any atom is 0.127 e. The van der Waals surface area contributed by atoms with E-state index in [1.165, 1.54) is 12.1 Å². The molecule has 2 aromatic heterocycles. The summed E-state index contributed by atoms with van der Waals surface area (Å²) in [6.07, 6.45) is 3.99. The van der Waals surface area contributed by atoms with Crippen molar-refractivity contribution in [1.29, 1.82) is 0 Å². The summed E-state index contributed by atoms with van der Waals surface area (Å²) in [6, 6.07) is 4.37. The fourth-order valence-corrected chi connectivity index (χ4v) is 2.46. The summed E-state index contributed by atoms with van der Waals surface area (Å²) in [7, 11) is 0. The molecule has 0 aliphatic rings. The van der Waals surface area contributed by atoms with E-state index in [9.17, 15) is 4.39 Å². The molecule has 5 nitrogen and oxygen atoms in total. The number of H-pyrrole nitrogens is 1. The second-order valence-corrected chi connectivity index (χ2v) is 4.73. The zero-order valence-corrected chi connectivity index (χ0v) is 11.2. The normalized spacial score (nSPS) is 12.9. The summed E-state index contributed by atoms with van der Waals surface area (Å²) in [5.41, 5.74) is 8.74. The molecule has 0 spiro atoms. The van der Waals surface area contributed by atoms with Gasteiger partial charge in [-0.2, -0.15) is 0 Å². The van der Waals surface area contributed by atoms with Crippen molar-refractivity contribution >= 4 is 11.0 Å². The van der Waals surface area contributed by atoms with E-state index in [0.717, 1.165) is 23.6 Å². The standard InChI is InChI=1S/C14H16FN5/c1-2-20-13-4-3-9(15)5-12(13)19-14(20)11(16)6-10-7-17-8-18-10/h3-5,7-8,11H,2,6,16H2,1H3,(H,17,18). The molecule has 2 heterocycles. The van der Waals surface area contributed by atoms with Crippen molar-refractivity contribution in [2.75, 3.05) is 0 Å². The Balaban J connectivity index is 2.01. The van der Waals surface area contributed by atoms with Crippen LogP contribution in [0.1, 0.15) is 24.5 Å². The maximum atomic E-state index is 13.3. The van der Waals surface area contributed by atoms with Crippen molar-refractivity contribution in [1.82, 2.24) is 19.5 Å². The van der Waals surface area contributed by atoms with Crippen LogP contribution in [0.15, 0.2) is 30.7 Å². The van der Waals surface area contributed by atoms with Crippen LogP contribution in [-0.2, 0) is 13.0 Å². The van der Waals surface area contributed by atoms with Gasteiger partial charge in [0.15, 0.2) is 0 Å². The number of imidazole rings is 2. The first-order valence-corrected chi connectivity index (χ1v) is 6.57. The molecule has 1 atom stereocenters. The number of hydrogen-bond donors (Lipinski definition) is 2. The molecule has 20 heavy (non-hydrogen) atoms. The number of hydrogen-bond acceptors (Lipinski definition) is 3. The second kappa shape index (κ2) is 5.05. The first-order valence-electron chi connectivity index (χ1n) is 6.57. The van der Waals surface area contributed by atoms with Crippen molar-refractivity contribution in [3.63, 3.8) is 0 Å². The number of fused-ring (bicyclic) bond motifs is 1. The van der Waals surface area contributed by atoms with E-state index in [0.29, 0.717) is 11.9 Å². The van der Waals surface area contributed by atoms with Gasteiger partial charge in [0, 0.05) is 30.9 Å². The smallest absolute Gasteiger partial charge is 0.127 e. The lowest BCUT2D eigenvalue weighted by molar-refractivity contribution is 0.604. The average molecular weight is 273 g/mol. The highest BCUT2D eigenvalue weighted by atomic mass is 19.1. The molecule has 0 aliphatic carbocycles. The average Bonchev–Trinajstić information content (AvgIpc) is 3.04. The van der Waals surface area contributed by atoms with Crippen molar-refractivity contribution < 1.29 is 4.39 Å². The number of aryl methyl sites for hydroxylation is 1. The van der Waals surface area contributed by atoms with Crippen molar-refractivity contribution in [3.05, 3.63) is 48.1 Å². The van der Waals surface area contributed by atoms with Crippen molar-refractivity contribution in [3.8, 4) is 0 Å². The number of benzene rings is 1. The van der Waals surface area contributed by atoms with Gasteiger partial charge in [-0.15, -0.1) is 0 Å². The van der Waals surface area contributed by atoms with Gasteiger partial charge in [-0.1, -0.05) is 0 Å². The summed E-state index contributed by atoms with van der Waals surface area (Å²) in [5, 5.41) is 0. The lowest BCUT2D eigenvalue weighted by atomic mass is 10.1. The van der Waals surface area contributed by atoms with Crippen LogP contribution in [0.2, 0.25) is 0 Å². The summed E-state index contributed by atoms with van der Waals surface area (Å²) >= 11 is 0. The van der Waals surface area contributed by atoms with E-state index < -0.39 is 0 Å². The first kappa shape index (κ1) is 12.8. The van der Waals surface area contributed by atoms with E-state index in [1.54, 1.807) is 18.6 Å². The molecule has 1 unspecified atom stereocenters. The number of aromatic amines is 1. The molecule has 3 rings (SSSR count). The third-order valence-corrected chi connectivity index (χ3v) is 3.38. The van der Waals surface area contributed by atoms with E-state index in [1.807, 2.05) is 11.5 Å². The van der Waals surface area contributed by atoms with Crippen LogP contribution in [-0.4, -0.2) is 19.5 Å². The summed E-state index contributed by atoms with van der Waals surface area (Å²) in [6.45, 7) is 2.77. The number of nitrogens with one attached hydrogen (secondary N) is 1. The predicted molar refractivity (Wildman–Crippen MR) is 74.6 cm³/mol. The molecule has 0 bridgehead atoms. The Labute approximate surface area is 115 Å². The van der Waals surface area contributed by atoms with Crippen LogP contribution in [0, 0.1) is 5.82 Å². The minimum Gasteiger partial charge on any atom is -0.348 e. The first-order chi connectivity index (χ1) is 9.69. The van der Waals surface area contributed by atoms with E-state index in [-0.39, 0.29) is 11.9 Å². The lowest BCUT2D eigenvalue weighted by Gasteiger charge is -2.12. The molecule has 3 N–H and O–H groups in total. The third-order valence-electron chi connectivity index (χ3n) is 3.38. The van der Waals surface area contributed by atoms with Crippen LogP contribution in [0.3, 0.4) is 0 Å². The van der Waals surface area contributed by atoms with Crippen molar-refractivity contribution in [2.45, 2.75) is 25.9 Å². The number of nitrogens with two attached hydrogens (primary N) is 1. The molecule has 0 aliphatic heterocycles. The Bertz CT molecular complexity index is 717. The monoisotopic (exact) mass is 273 g/mol. The highest BCUT2D eigenvalue weighted by Crippen LogP contribution is 2.22. The van der Waals surface area contributed by atoms with Gasteiger partial charge in [0.1, 0.15) is 11.6 Å². The van der Waals surface area contributed by atoms with Crippen molar-refractivity contribution in [2.24, 2.45) is 5.73 Å². The summed E-state index contributed by atoms with van der Waals surface area (Å²) < 4.78 is 15.3. The predicted octanol–water partition coefficient (Wildman–Crippen LogP) is 2.16. The highest BCUT2D eigenvalue weighted by molar-refractivity contribution is 5.76. The molecule has 0 radical (unpaired) electrons. The fourth-order valence-electron chi connectivity index (χ4n) is 2.46. The highest BCUT2D eigenvalue weighted by Gasteiger charge is 2.17. The second-order valence-electron chi connectivity index (χ2n) is 4.73. The Morgan fingerprint density at radius 2 is 2.30 bits per heavy atom. The SMILES string of the molecule is CCn1c(C(N)Cc2cnc[nH]2)nc2cc(F)ccc21. The zero-order valence-electron chi connectivity index (χ0n) is 11.2. The molecule has 0 saturated carbocycles. The topological polar surface area (TPSA) is 72.5 Å². The lowest BCUT2D eigenvalue weighted by Crippen LogP contribution is -2.19. The van der Waals surface area contributed by atoms with Gasteiger partial charge in [-0.25, -0.2) is 14.4 Å². The molecular weight excluding hydrogens is 257 g/mol. The van der Waals surface area contributed by atoms with Gasteiger partial charge >= 0.3 is 0 Å². The molecule has 0 saturated heterocycles. The van der Waals surface area contributed by atoms with Crippen LogP contribution in [0.5, 0.6) is 0 Å². The van der Waals surface area contributed by atoms with Gasteiger partial charge in [0.05, 0.1) is 23.4 Å². The molecule has 1 aromatic carbocycles. The van der Waals surface area contributed by atoms with Gasteiger partial charge in [0.2, 0.25) is 0 Å². The zero-order chi connectivity index (χ0) is 14.1. The van der Waals surface area contributed by atoms with Crippen LogP contribution < -0.4 is 5.73 Å². The van der Waals surface area contributed by atoms with Crippen LogP contribution in [0.25, 0.3) is 11.0 Å². The van der Waals surface area contributed by atoms with E-state index in [4.69, 9.17) is 5.73 Å². The summed E-state index contributed by atoms with van der Waals surface area (Å²) in [5.74, 6) is 0.481. The van der Waals surface area contributed by atoms with E-state index >= 15 is 0 Å².